The Morgan fingerprint density at radius 3 is 2.12 bits per heavy atom. The van der Waals surface area contributed by atoms with E-state index in [-0.39, 0.29) is 17.4 Å². The number of carbonyl (C=O) groups excluding carboxylic acids is 1. The second-order valence-corrected chi connectivity index (χ2v) is 7.02. The number of amides is 1. The molecule has 0 heterocycles. The van der Waals surface area contributed by atoms with Crippen LogP contribution < -0.4 is 10.1 Å². The third kappa shape index (κ3) is 4.60. The number of hydrogen-bond acceptors (Lipinski definition) is 2. The number of hydrogen-bond donors (Lipinski definition) is 1. The summed E-state index contributed by atoms with van der Waals surface area (Å²) in [4.78, 5) is 12.4. The molecule has 24 heavy (non-hydrogen) atoms. The van der Waals surface area contributed by atoms with Crippen LogP contribution in [0.2, 0.25) is 0 Å². The summed E-state index contributed by atoms with van der Waals surface area (Å²) in [6.45, 7) is 11.1. The molecular weight excluding hydrogens is 298 g/mol. The molecule has 0 radical (unpaired) electrons. The van der Waals surface area contributed by atoms with Crippen LogP contribution in [0.25, 0.3) is 0 Å². The van der Waals surface area contributed by atoms with Crippen molar-refractivity contribution in [1.29, 1.82) is 0 Å². The van der Waals surface area contributed by atoms with Crippen molar-refractivity contribution < 1.29 is 9.53 Å². The van der Waals surface area contributed by atoms with Crippen LogP contribution in [-0.4, -0.2) is 12.5 Å². The summed E-state index contributed by atoms with van der Waals surface area (Å²) in [5, 5.41) is 3.04. The zero-order valence-electron chi connectivity index (χ0n) is 15.2. The van der Waals surface area contributed by atoms with Crippen molar-refractivity contribution in [3.63, 3.8) is 0 Å². The molecule has 2 aromatic rings. The van der Waals surface area contributed by atoms with E-state index in [9.17, 15) is 4.79 Å². The largest absolute Gasteiger partial charge is 0.494 e. The number of carbonyl (C=O) groups is 1. The number of ether oxygens (including phenoxy) is 1. The third-order valence-electron chi connectivity index (χ3n) is 4.05. The summed E-state index contributed by atoms with van der Waals surface area (Å²) in [5.41, 5.74) is 3.16. The van der Waals surface area contributed by atoms with E-state index in [0.717, 1.165) is 11.3 Å². The van der Waals surface area contributed by atoms with Crippen LogP contribution in [0.15, 0.2) is 48.5 Å². The lowest BCUT2D eigenvalue weighted by Crippen LogP contribution is -2.26. The Labute approximate surface area is 145 Å². The molecule has 3 nitrogen and oxygen atoms in total. The van der Waals surface area contributed by atoms with Gasteiger partial charge in [0.1, 0.15) is 5.75 Å². The fraction of sp³-hybridized carbons (Fsp3) is 0.381. The predicted molar refractivity (Wildman–Crippen MR) is 98.6 cm³/mol. The molecule has 0 spiro atoms. The summed E-state index contributed by atoms with van der Waals surface area (Å²) in [6.07, 6.45) is 0. The van der Waals surface area contributed by atoms with Crippen LogP contribution in [0.4, 0.5) is 0 Å². The van der Waals surface area contributed by atoms with Gasteiger partial charge in [0.05, 0.1) is 12.6 Å². The van der Waals surface area contributed by atoms with Crippen molar-refractivity contribution in [1.82, 2.24) is 5.32 Å². The normalized spacial score (nSPS) is 12.5. The van der Waals surface area contributed by atoms with E-state index in [4.69, 9.17) is 4.74 Å². The summed E-state index contributed by atoms with van der Waals surface area (Å²) in [5.74, 6) is 0.699. The average molecular weight is 325 g/mol. The summed E-state index contributed by atoms with van der Waals surface area (Å²) >= 11 is 0. The molecule has 0 saturated heterocycles. The summed E-state index contributed by atoms with van der Waals surface area (Å²) < 4.78 is 5.40. The molecule has 0 unspecified atom stereocenters. The van der Waals surface area contributed by atoms with Gasteiger partial charge in [-0.3, -0.25) is 4.79 Å². The summed E-state index contributed by atoms with van der Waals surface area (Å²) in [6, 6.07) is 15.6. The van der Waals surface area contributed by atoms with Gasteiger partial charge in [0, 0.05) is 5.56 Å². The van der Waals surface area contributed by atoms with Crippen molar-refractivity contribution in [3.8, 4) is 5.75 Å². The Morgan fingerprint density at radius 2 is 1.62 bits per heavy atom. The van der Waals surface area contributed by atoms with E-state index < -0.39 is 0 Å². The minimum absolute atomic E-state index is 0.0434. The highest BCUT2D eigenvalue weighted by atomic mass is 16.5. The first-order valence-electron chi connectivity index (χ1n) is 8.45. The van der Waals surface area contributed by atoms with Crippen molar-refractivity contribution >= 4 is 5.91 Å². The molecule has 0 saturated carbocycles. The molecular formula is C21H27NO2. The van der Waals surface area contributed by atoms with Crippen LogP contribution >= 0.6 is 0 Å². The van der Waals surface area contributed by atoms with E-state index in [0.29, 0.717) is 12.2 Å². The Bertz CT molecular complexity index is 666. The smallest absolute Gasteiger partial charge is 0.251 e. The van der Waals surface area contributed by atoms with Gasteiger partial charge in [-0.25, -0.2) is 0 Å². The van der Waals surface area contributed by atoms with Gasteiger partial charge >= 0.3 is 0 Å². The van der Waals surface area contributed by atoms with Crippen molar-refractivity contribution in [2.75, 3.05) is 6.61 Å². The first-order valence-corrected chi connectivity index (χ1v) is 8.45. The van der Waals surface area contributed by atoms with Crippen molar-refractivity contribution in [3.05, 3.63) is 65.2 Å². The maximum Gasteiger partial charge on any atom is 0.251 e. The van der Waals surface area contributed by atoms with Gasteiger partial charge in [-0.15, -0.1) is 0 Å². The van der Waals surface area contributed by atoms with Gasteiger partial charge in [-0.1, -0.05) is 45.0 Å². The van der Waals surface area contributed by atoms with Crippen LogP contribution in [0, 0.1) is 0 Å². The SMILES string of the molecule is CCOc1ccc(C(=O)N[C@H](C)c2ccc(C(C)(C)C)cc2)cc1. The molecule has 1 atom stereocenters. The molecule has 1 N–H and O–H groups in total. The van der Waals surface area contributed by atoms with E-state index in [1.165, 1.54) is 5.56 Å². The Kier molecular flexibility index (Phi) is 5.66. The fourth-order valence-corrected chi connectivity index (χ4v) is 2.50. The van der Waals surface area contributed by atoms with Gasteiger partial charge in [-0.05, 0) is 54.7 Å². The second-order valence-electron chi connectivity index (χ2n) is 7.02. The first-order chi connectivity index (χ1) is 11.3. The molecule has 2 aromatic carbocycles. The molecule has 1 amide bonds. The molecule has 3 heteroatoms. The highest BCUT2D eigenvalue weighted by Gasteiger charge is 2.15. The van der Waals surface area contributed by atoms with E-state index >= 15 is 0 Å². The zero-order valence-corrected chi connectivity index (χ0v) is 15.2. The van der Waals surface area contributed by atoms with Crippen molar-refractivity contribution in [2.45, 2.75) is 46.1 Å². The van der Waals surface area contributed by atoms with E-state index in [2.05, 4.69) is 50.4 Å². The maximum absolute atomic E-state index is 12.4. The number of benzene rings is 2. The monoisotopic (exact) mass is 325 g/mol. The summed E-state index contributed by atoms with van der Waals surface area (Å²) in [7, 11) is 0. The molecule has 0 aliphatic rings. The second kappa shape index (κ2) is 7.52. The number of rotatable bonds is 5. The zero-order chi connectivity index (χ0) is 17.7. The first kappa shape index (κ1) is 18.1. The highest BCUT2D eigenvalue weighted by molar-refractivity contribution is 5.94. The molecule has 0 fully saturated rings. The van der Waals surface area contributed by atoms with Crippen molar-refractivity contribution in [2.24, 2.45) is 0 Å². The topological polar surface area (TPSA) is 38.3 Å². The van der Waals surface area contributed by atoms with Gasteiger partial charge in [-0.2, -0.15) is 0 Å². The Hall–Kier alpha value is -2.29. The molecule has 0 aliphatic carbocycles. The van der Waals surface area contributed by atoms with E-state index in [1.54, 1.807) is 12.1 Å². The third-order valence-corrected chi connectivity index (χ3v) is 4.05. The highest BCUT2D eigenvalue weighted by Crippen LogP contribution is 2.24. The minimum atomic E-state index is -0.0783. The minimum Gasteiger partial charge on any atom is -0.494 e. The van der Waals surface area contributed by atoms with E-state index in [1.807, 2.05) is 26.0 Å². The predicted octanol–water partition coefficient (Wildman–Crippen LogP) is 4.87. The van der Waals surface area contributed by atoms with Crippen LogP contribution in [0.1, 0.15) is 62.1 Å². The molecule has 128 valence electrons. The molecule has 0 aromatic heterocycles. The molecule has 2 rings (SSSR count). The lowest BCUT2D eigenvalue weighted by atomic mass is 9.86. The molecule has 0 aliphatic heterocycles. The quantitative estimate of drug-likeness (QED) is 0.851. The van der Waals surface area contributed by atoms with Gasteiger partial charge in [0.2, 0.25) is 0 Å². The Balaban J connectivity index is 2.03. The van der Waals surface area contributed by atoms with Crippen LogP contribution in [0.3, 0.4) is 0 Å². The molecule has 0 bridgehead atoms. The lowest BCUT2D eigenvalue weighted by molar-refractivity contribution is 0.0940. The van der Waals surface area contributed by atoms with Crippen LogP contribution in [0.5, 0.6) is 5.75 Å². The van der Waals surface area contributed by atoms with Gasteiger partial charge < -0.3 is 10.1 Å². The van der Waals surface area contributed by atoms with Gasteiger partial charge in [0.15, 0.2) is 0 Å². The average Bonchev–Trinajstić information content (AvgIpc) is 2.55. The lowest BCUT2D eigenvalue weighted by Gasteiger charge is -2.20. The van der Waals surface area contributed by atoms with Crippen LogP contribution in [-0.2, 0) is 5.41 Å². The Morgan fingerprint density at radius 1 is 1.04 bits per heavy atom. The van der Waals surface area contributed by atoms with Gasteiger partial charge in [0.25, 0.3) is 5.91 Å². The number of nitrogens with one attached hydrogen (secondary N) is 1. The maximum atomic E-state index is 12.4. The fourth-order valence-electron chi connectivity index (χ4n) is 2.50. The standard InChI is InChI=1S/C21H27NO2/c1-6-24-19-13-9-17(10-14-19)20(23)22-15(2)16-7-11-18(12-8-16)21(3,4)5/h7-15H,6H2,1-5H3,(H,22,23)/t15-/m1/s1.